The van der Waals surface area contributed by atoms with E-state index in [4.69, 9.17) is 24.1 Å². The number of carboxylic acid groups (broad SMARTS) is 1. The van der Waals surface area contributed by atoms with E-state index in [1.807, 2.05) is 6.07 Å². The van der Waals surface area contributed by atoms with Gasteiger partial charge in [0, 0.05) is 37.6 Å². The van der Waals surface area contributed by atoms with Gasteiger partial charge in [0.2, 0.25) is 11.8 Å². The number of fused-ring (bicyclic) bond motifs is 2. The van der Waals surface area contributed by atoms with Gasteiger partial charge in [0.1, 0.15) is 54.0 Å². The monoisotopic (exact) mass is 1110 g/mol. The molecule has 8 rings (SSSR count). The van der Waals surface area contributed by atoms with E-state index in [1.165, 1.54) is 17.0 Å². The van der Waals surface area contributed by atoms with Gasteiger partial charge in [0.15, 0.2) is 0 Å². The molecule has 0 unspecified atom stereocenters. The Morgan fingerprint density at radius 2 is 1.09 bits per heavy atom. The second-order valence-electron chi connectivity index (χ2n) is 21.7. The van der Waals surface area contributed by atoms with Crippen LogP contribution in [-0.4, -0.2) is 103 Å². The molecule has 2 fully saturated rings. The first-order valence-corrected chi connectivity index (χ1v) is 26.1. The van der Waals surface area contributed by atoms with Crippen LogP contribution in [0.1, 0.15) is 125 Å². The molecule has 0 atom stereocenters. The number of benzene rings is 4. The lowest BCUT2D eigenvalue weighted by atomic mass is 10.1. The predicted molar refractivity (Wildman–Crippen MR) is 277 cm³/mol. The fraction of sp³-hybridized carbons (Fsp3) is 0.491. The maximum absolute atomic E-state index is 13.4. The van der Waals surface area contributed by atoms with Crippen molar-refractivity contribution < 1.29 is 83.8 Å². The van der Waals surface area contributed by atoms with Gasteiger partial charge < -0.3 is 48.6 Å². The zero-order valence-electron chi connectivity index (χ0n) is 44.9. The summed E-state index contributed by atoms with van der Waals surface area (Å²) in [6.07, 6.45) is -5.83. The molecule has 0 saturated heterocycles. The molecule has 22 heteroatoms. The molecule has 2 saturated carbocycles. The fourth-order valence-corrected chi connectivity index (χ4v) is 8.93. The van der Waals surface area contributed by atoms with Gasteiger partial charge >= 0.3 is 30.8 Å². The summed E-state index contributed by atoms with van der Waals surface area (Å²) in [4.78, 5) is 66.1. The van der Waals surface area contributed by atoms with E-state index in [9.17, 15) is 50.3 Å². The Hall–Kier alpha value is -7.23. The molecule has 2 heterocycles. The van der Waals surface area contributed by atoms with Crippen LogP contribution in [0, 0.1) is 0 Å². The van der Waals surface area contributed by atoms with Gasteiger partial charge in [-0.25, -0.2) is 4.79 Å². The molecule has 2 aliphatic heterocycles. The van der Waals surface area contributed by atoms with Crippen LogP contribution in [0.3, 0.4) is 0 Å². The summed E-state index contributed by atoms with van der Waals surface area (Å²) in [5, 5.41) is 11.5. The van der Waals surface area contributed by atoms with Crippen molar-refractivity contribution in [2.45, 2.75) is 142 Å². The molecule has 0 aromatic heterocycles. The largest absolute Gasteiger partial charge is 0.573 e. The lowest BCUT2D eigenvalue weighted by Gasteiger charge is -2.29. The van der Waals surface area contributed by atoms with Gasteiger partial charge in [-0.1, -0.05) is 24.3 Å². The number of hydrogen-bond donors (Lipinski definition) is 2. The number of aliphatic carboxylic acids is 1. The van der Waals surface area contributed by atoms with Gasteiger partial charge in [0.25, 0.3) is 0 Å². The molecule has 2 N–H and O–H groups in total. The first-order chi connectivity index (χ1) is 37.1. The highest BCUT2D eigenvalue weighted by Gasteiger charge is 2.37. The number of carbonyl (C=O) groups is 5. The van der Waals surface area contributed by atoms with Crippen molar-refractivity contribution in [2.75, 3.05) is 49.1 Å². The summed E-state index contributed by atoms with van der Waals surface area (Å²) >= 11 is 0. The Balaban J connectivity index is 0.000000237. The van der Waals surface area contributed by atoms with Crippen LogP contribution in [0.2, 0.25) is 0 Å². The quantitative estimate of drug-likeness (QED) is 0.0485. The maximum atomic E-state index is 13.4. The average Bonchev–Trinajstić information content (AvgIpc) is 4.43. The number of rotatable bonds is 20. The molecule has 4 aromatic rings. The molecule has 0 bridgehead atoms. The van der Waals surface area contributed by atoms with E-state index < -0.39 is 42.0 Å². The lowest BCUT2D eigenvalue weighted by molar-refractivity contribution is -0.276. The van der Waals surface area contributed by atoms with Crippen molar-refractivity contribution in [3.05, 3.63) is 106 Å². The third-order valence-electron chi connectivity index (χ3n) is 12.7. The highest BCUT2D eigenvalue weighted by molar-refractivity contribution is 5.98. The van der Waals surface area contributed by atoms with Crippen LogP contribution >= 0.6 is 0 Å². The zero-order valence-corrected chi connectivity index (χ0v) is 44.9. The second-order valence-corrected chi connectivity index (χ2v) is 21.7. The first-order valence-electron chi connectivity index (χ1n) is 26.1. The predicted octanol–water partition coefficient (Wildman–Crippen LogP) is 10.9. The van der Waals surface area contributed by atoms with Gasteiger partial charge in [0.05, 0.1) is 19.4 Å². The third-order valence-corrected chi connectivity index (χ3v) is 12.7. The van der Waals surface area contributed by atoms with E-state index in [1.54, 1.807) is 106 Å². The van der Waals surface area contributed by atoms with Gasteiger partial charge in [-0.05, 0) is 174 Å². The van der Waals surface area contributed by atoms with Crippen molar-refractivity contribution >= 4 is 41.2 Å². The number of carboxylic acids is 1. The second kappa shape index (κ2) is 24.8. The Bertz CT molecular complexity index is 2860. The summed E-state index contributed by atoms with van der Waals surface area (Å²) in [6.45, 7) is 11.3. The van der Waals surface area contributed by atoms with Crippen molar-refractivity contribution in [1.82, 2.24) is 10.2 Å². The highest BCUT2D eigenvalue weighted by Crippen LogP contribution is 2.47. The molecule has 428 valence electrons. The Labute approximate surface area is 454 Å². The summed E-state index contributed by atoms with van der Waals surface area (Å²) in [5.74, 6) is -1.03. The molecule has 0 spiro atoms. The van der Waals surface area contributed by atoms with Crippen LogP contribution in [0.25, 0.3) is 0 Å². The summed E-state index contributed by atoms with van der Waals surface area (Å²) in [7, 11) is 0. The minimum absolute atomic E-state index is 0.0308. The standard InChI is InChI=1S/C33H41F3N2O7.C24H25F3N2O5/c1-31(2,3)44-29(40)14-15-37(30(41)45-32(4,5)6)19-28(39)38-16-13-23-18-24(10-12-26(23)38)42-20-21-7-11-25(22-8-9-22)27(17-21)43-33(34,35)36;25-24(26,27)34-21-11-15(1-5-19(21)16-2-3-16)14-33-18-4-6-20-17(12-18)8-10-29(20)22(30)13-28-9-7-23(31)32/h7,10-12,17-18,22H,8-9,13-16,19-20H2,1-6H3;1,4-6,11-12,16,28H,2-3,7-10,13-14H2,(H,31,32). The van der Waals surface area contributed by atoms with Gasteiger partial charge in [-0.2, -0.15) is 0 Å². The average molecular weight is 1110 g/mol. The number of amides is 3. The van der Waals surface area contributed by atoms with Crippen molar-refractivity contribution in [1.29, 1.82) is 0 Å². The number of carbonyl (C=O) groups excluding carboxylic acids is 4. The smallest absolute Gasteiger partial charge is 0.489 e. The zero-order chi connectivity index (χ0) is 57.5. The lowest BCUT2D eigenvalue weighted by Crippen LogP contribution is -2.45. The molecule has 4 aliphatic rings. The molecular weight excluding hydrogens is 1050 g/mol. The molecule has 2 aliphatic carbocycles. The first kappa shape index (κ1) is 59.4. The SMILES string of the molecule is CC(C)(C)OC(=O)CCN(CC(=O)N1CCc2cc(OCc3ccc(C4CC4)c(OC(F)(F)F)c3)ccc21)C(=O)OC(C)(C)C.O=C(O)CCNCC(=O)N1CCc2cc(OCc3ccc(C4CC4)c(OC(F)(F)F)c3)ccc21. The van der Waals surface area contributed by atoms with Gasteiger partial charge in [-0.3, -0.25) is 24.1 Å². The fourth-order valence-electron chi connectivity index (χ4n) is 8.93. The van der Waals surface area contributed by atoms with Crippen molar-refractivity contribution in [3.8, 4) is 23.0 Å². The number of ether oxygens (including phenoxy) is 6. The number of hydrogen-bond acceptors (Lipinski definition) is 12. The number of alkyl halides is 6. The Morgan fingerprint density at radius 1 is 0.620 bits per heavy atom. The van der Waals surface area contributed by atoms with E-state index in [0.29, 0.717) is 65.4 Å². The van der Waals surface area contributed by atoms with Crippen molar-refractivity contribution in [2.24, 2.45) is 0 Å². The molecule has 3 amide bonds. The Morgan fingerprint density at radius 3 is 1.52 bits per heavy atom. The maximum Gasteiger partial charge on any atom is 0.573 e. The summed E-state index contributed by atoms with van der Waals surface area (Å²) in [5.41, 5.74) is 3.95. The minimum atomic E-state index is -4.78. The highest BCUT2D eigenvalue weighted by atomic mass is 19.4. The third kappa shape index (κ3) is 18.4. The van der Waals surface area contributed by atoms with E-state index >= 15 is 0 Å². The molecule has 4 aromatic carbocycles. The number of nitrogens with zero attached hydrogens (tertiary/aromatic N) is 3. The number of esters is 1. The van der Waals surface area contributed by atoms with Crippen LogP contribution in [0.15, 0.2) is 72.8 Å². The molecule has 79 heavy (non-hydrogen) atoms. The van der Waals surface area contributed by atoms with Crippen LogP contribution in [0.5, 0.6) is 23.0 Å². The van der Waals surface area contributed by atoms with Crippen LogP contribution < -0.4 is 34.1 Å². The topological polar surface area (TPSA) is 183 Å². The molecule has 0 radical (unpaired) electrons. The minimum Gasteiger partial charge on any atom is -0.489 e. The summed E-state index contributed by atoms with van der Waals surface area (Å²) in [6, 6.07) is 20.1. The van der Waals surface area contributed by atoms with E-state index in [0.717, 1.165) is 42.5 Å². The number of anilines is 2. The molecular formula is C57H66F6N4O12. The number of nitrogens with one attached hydrogen (secondary N) is 1. The Kier molecular flexibility index (Phi) is 18.7. The van der Waals surface area contributed by atoms with Crippen LogP contribution in [0.4, 0.5) is 42.5 Å². The van der Waals surface area contributed by atoms with Crippen molar-refractivity contribution in [3.63, 3.8) is 0 Å². The van der Waals surface area contributed by atoms with Crippen LogP contribution in [-0.2, 0) is 54.7 Å². The molecule has 16 nitrogen and oxygen atoms in total. The van der Waals surface area contributed by atoms with E-state index in [-0.39, 0.29) is 87.4 Å². The van der Waals surface area contributed by atoms with E-state index in [2.05, 4.69) is 14.8 Å². The van der Waals surface area contributed by atoms with Gasteiger partial charge in [-0.15, -0.1) is 26.3 Å². The number of halogens is 6. The normalized spacial score (nSPS) is 15.0. The summed E-state index contributed by atoms with van der Waals surface area (Å²) < 4.78 is 108.